The van der Waals surface area contributed by atoms with Gasteiger partial charge in [-0.15, -0.1) is 0 Å². The number of carbonyl (C=O) groups excluding carboxylic acids is 1. The lowest BCUT2D eigenvalue weighted by Crippen LogP contribution is -2.55. The van der Waals surface area contributed by atoms with Gasteiger partial charge in [0.25, 0.3) is 0 Å². The van der Waals surface area contributed by atoms with Gasteiger partial charge in [0.05, 0.1) is 11.9 Å². The zero-order valence-corrected chi connectivity index (χ0v) is 16.8. The molecule has 0 saturated carbocycles. The predicted octanol–water partition coefficient (Wildman–Crippen LogP) is 2.02. The van der Waals surface area contributed by atoms with Crippen LogP contribution < -0.4 is 10.2 Å². The SMILES string of the molecule is CCNC(=NCCc1cc2ccccc2o1)N1CCN(c2cnn(C)c2)C(=O)C1. The van der Waals surface area contributed by atoms with Crippen molar-refractivity contribution in [2.75, 3.05) is 37.6 Å². The Hall–Kier alpha value is -3.29. The van der Waals surface area contributed by atoms with E-state index in [1.54, 1.807) is 15.8 Å². The number of amides is 1. The lowest BCUT2D eigenvalue weighted by Gasteiger charge is -2.35. The summed E-state index contributed by atoms with van der Waals surface area (Å²) in [6.07, 6.45) is 4.30. The standard InChI is InChI=1S/C21H26N6O2/c1-3-22-21(23-9-8-18-12-16-6-4-5-7-19(16)29-18)26-10-11-27(20(28)15-26)17-13-24-25(2)14-17/h4-7,12-14H,3,8-11,15H2,1-2H3,(H,22,23). The molecule has 3 heterocycles. The number of anilines is 1. The highest BCUT2D eigenvalue weighted by atomic mass is 16.3. The summed E-state index contributed by atoms with van der Waals surface area (Å²) in [6.45, 7) is 5.00. The number of nitrogens with zero attached hydrogens (tertiary/aromatic N) is 5. The van der Waals surface area contributed by atoms with Crippen LogP contribution in [0.1, 0.15) is 12.7 Å². The first-order chi connectivity index (χ1) is 14.1. The van der Waals surface area contributed by atoms with E-state index in [1.807, 2.05) is 49.3 Å². The van der Waals surface area contributed by atoms with Crippen LogP contribution in [0.5, 0.6) is 0 Å². The molecule has 1 N–H and O–H groups in total. The lowest BCUT2D eigenvalue weighted by molar-refractivity contribution is -0.120. The number of guanidine groups is 1. The molecule has 1 aliphatic rings. The van der Waals surface area contributed by atoms with Gasteiger partial charge in [-0.3, -0.25) is 14.5 Å². The van der Waals surface area contributed by atoms with Crippen molar-refractivity contribution in [2.45, 2.75) is 13.3 Å². The minimum Gasteiger partial charge on any atom is -0.461 e. The normalized spacial score (nSPS) is 15.4. The number of rotatable bonds is 5. The highest BCUT2D eigenvalue weighted by Crippen LogP contribution is 2.19. The lowest BCUT2D eigenvalue weighted by atomic mass is 10.2. The van der Waals surface area contributed by atoms with E-state index in [0.29, 0.717) is 26.1 Å². The summed E-state index contributed by atoms with van der Waals surface area (Å²) >= 11 is 0. The molecule has 8 heteroatoms. The molecule has 0 radical (unpaired) electrons. The molecule has 1 amide bonds. The fourth-order valence-electron chi connectivity index (χ4n) is 3.53. The molecule has 152 valence electrons. The molecule has 0 aliphatic carbocycles. The van der Waals surface area contributed by atoms with Gasteiger partial charge >= 0.3 is 0 Å². The smallest absolute Gasteiger partial charge is 0.246 e. The number of fused-ring (bicyclic) bond motifs is 1. The molecule has 1 saturated heterocycles. The zero-order valence-electron chi connectivity index (χ0n) is 16.8. The zero-order chi connectivity index (χ0) is 20.2. The number of hydrogen-bond donors (Lipinski definition) is 1. The molecule has 8 nitrogen and oxygen atoms in total. The van der Waals surface area contributed by atoms with Crippen LogP contribution in [0, 0.1) is 0 Å². The molecular formula is C21H26N6O2. The van der Waals surface area contributed by atoms with Gasteiger partial charge in [0.15, 0.2) is 5.96 Å². The van der Waals surface area contributed by atoms with Crippen molar-refractivity contribution < 1.29 is 9.21 Å². The van der Waals surface area contributed by atoms with Crippen molar-refractivity contribution in [1.82, 2.24) is 20.0 Å². The van der Waals surface area contributed by atoms with Crippen molar-refractivity contribution in [1.29, 1.82) is 0 Å². The first-order valence-corrected chi connectivity index (χ1v) is 9.94. The van der Waals surface area contributed by atoms with Gasteiger partial charge in [-0.1, -0.05) is 18.2 Å². The Morgan fingerprint density at radius 1 is 1.31 bits per heavy atom. The summed E-state index contributed by atoms with van der Waals surface area (Å²) in [7, 11) is 1.85. The first kappa shape index (κ1) is 19.0. The third-order valence-electron chi connectivity index (χ3n) is 4.95. The highest BCUT2D eigenvalue weighted by Gasteiger charge is 2.27. The maximum absolute atomic E-state index is 12.7. The van der Waals surface area contributed by atoms with Crippen LogP contribution in [0.25, 0.3) is 11.0 Å². The first-order valence-electron chi connectivity index (χ1n) is 9.94. The average Bonchev–Trinajstić information content (AvgIpc) is 3.33. The second kappa shape index (κ2) is 8.38. The number of nitrogens with one attached hydrogen (secondary N) is 1. The number of furan rings is 1. The molecule has 1 fully saturated rings. The summed E-state index contributed by atoms with van der Waals surface area (Å²) in [5, 5.41) is 8.57. The quantitative estimate of drug-likeness (QED) is 0.529. The number of hydrogen-bond acceptors (Lipinski definition) is 4. The number of aromatic nitrogens is 2. The molecule has 3 aromatic rings. The van der Waals surface area contributed by atoms with E-state index in [0.717, 1.165) is 41.5 Å². The van der Waals surface area contributed by atoms with Crippen LogP contribution in [-0.2, 0) is 18.3 Å². The van der Waals surface area contributed by atoms with Crippen molar-refractivity contribution in [3.05, 3.63) is 48.5 Å². The molecule has 4 rings (SSSR count). The van der Waals surface area contributed by atoms with Crippen LogP contribution in [0.2, 0.25) is 0 Å². The summed E-state index contributed by atoms with van der Waals surface area (Å²) in [4.78, 5) is 21.2. The molecule has 1 aromatic carbocycles. The molecule has 1 aliphatic heterocycles. The van der Waals surface area contributed by atoms with Gasteiger partial charge in [-0.2, -0.15) is 5.10 Å². The summed E-state index contributed by atoms with van der Waals surface area (Å²) in [5.74, 6) is 1.73. The van der Waals surface area contributed by atoms with Gasteiger partial charge < -0.3 is 19.5 Å². The number of para-hydroxylation sites is 1. The number of aliphatic imine (C=N–C) groups is 1. The van der Waals surface area contributed by atoms with E-state index >= 15 is 0 Å². The van der Waals surface area contributed by atoms with Crippen molar-refractivity contribution >= 4 is 28.5 Å². The second-order valence-electron chi connectivity index (χ2n) is 7.08. The van der Waals surface area contributed by atoms with Crippen LogP contribution in [0.15, 0.2) is 52.1 Å². The third-order valence-corrected chi connectivity index (χ3v) is 4.95. The Balaban J connectivity index is 1.39. The van der Waals surface area contributed by atoms with Crippen LogP contribution in [0.4, 0.5) is 5.69 Å². The topological polar surface area (TPSA) is 78.9 Å². The molecule has 0 atom stereocenters. The fourth-order valence-corrected chi connectivity index (χ4v) is 3.53. The molecule has 0 spiro atoms. The number of benzene rings is 1. The Bertz CT molecular complexity index is 988. The Labute approximate surface area is 169 Å². The number of piperazine rings is 1. The van der Waals surface area contributed by atoms with E-state index in [9.17, 15) is 4.79 Å². The summed E-state index contributed by atoms with van der Waals surface area (Å²) in [5.41, 5.74) is 1.74. The average molecular weight is 394 g/mol. The molecular weight excluding hydrogens is 368 g/mol. The number of carbonyl (C=O) groups is 1. The number of aryl methyl sites for hydroxylation is 1. The van der Waals surface area contributed by atoms with Crippen LogP contribution in [-0.4, -0.2) is 59.3 Å². The Morgan fingerprint density at radius 2 is 2.17 bits per heavy atom. The molecule has 29 heavy (non-hydrogen) atoms. The van der Waals surface area contributed by atoms with Gasteiger partial charge in [0, 0.05) is 51.2 Å². The third kappa shape index (κ3) is 4.26. The van der Waals surface area contributed by atoms with E-state index in [-0.39, 0.29) is 5.91 Å². The molecule has 0 bridgehead atoms. The predicted molar refractivity (Wildman–Crippen MR) is 113 cm³/mol. The van der Waals surface area contributed by atoms with Crippen molar-refractivity contribution in [2.24, 2.45) is 12.0 Å². The van der Waals surface area contributed by atoms with Crippen molar-refractivity contribution in [3.63, 3.8) is 0 Å². The Morgan fingerprint density at radius 3 is 2.90 bits per heavy atom. The molecule has 2 aromatic heterocycles. The van der Waals surface area contributed by atoms with Gasteiger partial charge in [-0.05, 0) is 19.1 Å². The largest absolute Gasteiger partial charge is 0.461 e. The van der Waals surface area contributed by atoms with E-state index in [1.165, 1.54) is 0 Å². The van der Waals surface area contributed by atoms with E-state index in [2.05, 4.69) is 16.5 Å². The second-order valence-corrected chi connectivity index (χ2v) is 7.08. The van der Waals surface area contributed by atoms with E-state index in [4.69, 9.17) is 9.41 Å². The highest BCUT2D eigenvalue weighted by molar-refractivity contribution is 5.98. The summed E-state index contributed by atoms with van der Waals surface area (Å²) < 4.78 is 7.57. The fraction of sp³-hybridized carbons (Fsp3) is 0.381. The summed E-state index contributed by atoms with van der Waals surface area (Å²) in [6, 6.07) is 10.1. The van der Waals surface area contributed by atoms with Gasteiger partial charge in [-0.25, -0.2) is 0 Å². The van der Waals surface area contributed by atoms with E-state index < -0.39 is 0 Å². The van der Waals surface area contributed by atoms with Gasteiger partial charge in [0.2, 0.25) is 5.91 Å². The monoisotopic (exact) mass is 394 g/mol. The molecule has 0 unspecified atom stereocenters. The van der Waals surface area contributed by atoms with Gasteiger partial charge in [0.1, 0.15) is 17.9 Å². The van der Waals surface area contributed by atoms with Crippen LogP contribution in [0.3, 0.4) is 0 Å². The van der Waals surface area contributed by atoms with Crippen LogP contribution >= 0.6 is 0 Å². The minimum absolute atomic E-state index is 0.0483. The Kier molecular flexibility index (Phi) is 5.50. The minimum atomic E-state index is 0.0483. The maximum atomic E-state index is 12.7. The maximum Gasteiger partial charge on any atom is 0.246 e. The van der Waals surface area contributed by atoms with Crippen molar-refractivity contribution in [3.8, 4) is 0 Å².